The van der Waals surface area contributed by atoms with E-state index in [4.69, 9.17) is 14.2 Å². The summed E-state index contributed by atoms with van der Waals surface area (Å²) in [7, 11) is 1.66. The zero-order chi connectivity index (χ0) is 10.7. The van der Waals surface area contributed by atoms with E-state index in [0.717, 1.165) is 17.7 Å². The molecule has 0 amide bonds. The van der Waals surface area contributed by atoms with Crippen molar-refractivity contribution in [1.82, 2.24) is 0 Å². The standard InChI is InChI=1S/C12H16O3/c1-3-10-8-14-12(15-10)9-5-4-6-11(7-9)13-2/h4-7,10,12H,3,8H2,1-2H3. The molecule has 3 heteroatoms. The van der Waals surface area contributed by atoms with Crippen LogP contribution in [0.25, 0.3) is 0 Å². The summed E-state index contributed by atoms with van der Waals surface area (Å²) in [5.41, 5.74) is 1.02. The highest BCUT2D eigenvalue weighted by molar-refractivity contribution is 5.29. The molecule has 0 N–H and O–H groups in total. The molecule has 0 aliphatic carbocycles. The van der Waals surface area contributed by atoms with Gasteiger partial charge in [0.15, 0.2) is 6.29 Å². The highest BCUT2D eigenvalue weighted by Gasteiger charge is 2.25. The lowest BCUT2D eigenvalue weighted by Gasteiger charge is -2.11. The lowest BCUT2D eigenvalue weighted by atomic mass is 10.2. The van der Waals surface area contributed by atoms with E-state index in [1.807, 2.05) is 24.3 Å². The Morgan fingerprint density at radius 3 is 3.00 bits per heavy atom. The van der Waals surface area contributed by atoms with Crippen LogP contribution >= 0.6 is 0 Å². The molecule has 0 radical (unpaired) electrons. The lowest BCUT2D eigenvalue weighted by Crippen LogP contribution is -2.07. The highest BCUT2D eigenvalue weighted by atomic mass is 16.7. The molecule has 1 saturated heterocycles. The van der Waals surface area contributed by atoms with Crippen molar-refractivity contribution in [3.05, 3.63) is 29.8 Å². The molecule has 0 spiro atoms. The van der Waals surface area contributed by atoms with E-state index >= 15 is 0 Å². The van der Waals surface area contributed by atoms with Crippen LogP contribution in [0.4, 0.5) is 0 Å². The Kier molecular flexibility index (Phi) is 3.23. The van der Waals surface area contributed by atoms with E-state index in [0.29, 0.717) is 6.61 Å². The minimum Gasteiger partial charge on any atom is -0.497 e. The van der Waals surface area contributed by atoms with Crippen molar-refractivity contribution >= 4 is 0 Å². The Bertz CT molecular complexity index is 324. The Hall–Kier alpha value is -1.06. The molecular weight excluding hydrogens is 192 g/mol. The van der Waals surface area contributed by atoms with Gasteiger partial charge in [0.05, 0.1) is 19.8 Å². The van der Waals surface area contributed by atoms with Gasteiger partial charge in [-0.2, -0.15) is 0 Å². The molecule has 2 atom stereocenters. The van der Waals surface area contributed by atoms with Gasteiger partial charge in [-0.1, -0.05) is 19.1 Å². The molecule has 1 aliphatic rings. The highest BCUT2D eigenvalue weighted by Crippen LogP contribution is 2.29. The van der Waals surface area contributed by atoms with Gasteiger partial charge in [-0.15, -0.1) is 0 Å². The van der Waals surface area contributed by atoms with Crippen LogP contribution in [0.1, 0.15) is 25.2 Å². The Labute approximate surface area is 90.0 Å². The molecule has 15 heavy (non-hydrogen) atoms. The normalized spacial score (nSPS) is 25.5. The van der Waals surface area contributed by atoms with Gasteiger partial charge in [0.1, 0.15) is 5.75 Å². The summed E-state index contributed by atoms with van der Waals surface area (Å²) in [6.45, 7) is 2.78. The summed E-state index contributed by atoms with van der Waals surface area (Å²) in [6.07, 6.45) is 0.978. The van der Waals surface area contributed by atoms with Crippen LogP contribution in [-0.4, -0.2) is 19.8 Å². The first-order valence-electron chi connectivity index (χ1n) is 5.24. The third kappa shape index (κ3) is 2.30. The van der Waals surface area contributed by atoms with Crippen molar-refractivity contribution in [2.75, 3.05) is 13.7 Å². The number of methoxy groups -OCH3 is 1. The molecule has 1 heterocycles. The van der Waals surface area contributed by atoms with E-state index in [1.54, 1.807) is 7.11 Å². The summed E-state index contributed by atoms with van der Waals surface area (Å²) in [6, 6.07) is 7.80. The van der Waals surface area contributed by atoms with E-state index < -0.39 is 0 Å². The fourth-order valence-corrected chi connectivity index (χ4v) is 1.63. The predicted molar refractivity (Wildman–Crippen MR) is 56.9 cm³/mol. The van der Waals surface area contributed by atoms with Crippen LogP contribution in [0.3, 0.4) is 0 Å². The molecule has 0 aromatic heterocycles. The van der Waals surface area contributed by atoms with E-state index in [9.17, 15) is 0 Å². The van der Waals surface area contributed by atoms with Gasteiger partial charge in [0.2, 0.25) is 0 Å². The molecule has 1 fully saturated rings. The monoisotopic (exact) mass is 208 g/mol. The van der Waals surface area contributed by atoms with Crippen LogP contribution in [0.15, 0.2) is 24.3 Å². The fourth-order valence-electron chi connectivity index (χ4n) is 1.63. The molecule has 3 nitrogen and oxygen atoms in total. The van der Waals surface area contributed by atoms with Crippen molar-refractivity contribution in [3.8, 4) is 5.75 Å². The van der Waals surface area contributed by atoms with Crippen LogP contribution in [0.2, 0.25) is 0 Å². The van der Waals surface area contributed by atoms with E-state index in [-0.39, 0.29) is 12.4 Å². The zero-order valence-corrected chi connectivity index (χ0v) is 9.10. The van der Waals surface area contributed by atoms with Crippen LogP contribution in [0.5, 0.6) is 5.75 Å². The summed E-state index contributed by atoms with van der Waals surface area (Å²) in [4.78, 5) is 0. The summed E-state index contributed by atoms with van der Waals surface area (Å²) in [5.74, 6) is 0.833. The second kappa shape index (κ2) is 4.64. The minimum absolute atomic E-state index is 0.223. The average molecular weight is 208 g/mol. The largest absolute Gasteiger partial charge is 0.497 e. The first-order valence-corrected chi connectivity index (χ1v) is 5.24. The molecule has 1 aromatic rings. The van der Waals surface area contributed by atoms with Crippen molar-refractivity contribution in [3.63, 3.8) is 0 Å². The Balaban J connectivity index is 2.09. The smallest absolute Gasteiger partial charge is 0.184 e. The van der Waals surface area contributed by atoms with Gasteiger partial charge in [0.25, 0.3) is 0 Å². The lowest BCUT2D eigenvalue weighted by molar-refractivity contribution is -0.0605. The molecule has 1 aromatic carbocycles. The van der Waals surface area contributed by atoms with Gasteiger partial charge in [-0.05, 0) is 18.6 Å². The Morgan fingerprint density at radius 1 is 1.47 bits per heavy atom. The number of rotatable bonds is 3. The Morgan fingerprint density at radius 2 is 2.33 bits per heavy atom. The number of benzene rings is 1. The topological polar surface area (TPSA) is 27.7 Å². The van der Waals surface area contributed by atoms with Gasteiger partial charge in [-0.25, -0.2) is 0 Å². The molecule has 0 saturated carbocycles. The molecular formula is C12H16O3. The maximum Gasteiger partial charge on any atom is 0.184 e. The quantitative estimate of drug-likeness (QED) is 0.764. The maximum absolute atomic E-state index is 5.72. The van der Waals surface area contributed by atoms with Crippen LogP contribution in [-0.2, 0) is 9.47 Å². The van der Waals surface area contributed by atoms with Crippen LogP contribution < -0.4 is 4.74 Å². The van der Waals surface area contributed by atoms with E-state index in [2.05, 4.69) is 6.92 Å². The van der Waals surface area contributed by atoms with E-state index in [1.165, 1.54) is 0 Å². The number of hydrogen-bond donors (Lipinski definition) is 0. The van der Waals surface area contributed by atoms with Crippen molar-refractivity contribution in [1.29, 1.82) is 0 Å². The third-order valence-electron chi connectivity index (χ3n) is 2.57. The fraction of sp³-hybridized carbons (Fsp3) is 0.500. The average Bonchev–Trinajstić information content (AvgIpc) is 2.78. The maximum atomic E-state index is 5.72. The summed E-state index contributed by atoms with van der Waals surface area (Å²) < 4.78 is 16.4. The molecule has 2 unspecified atom stereocenters. The first kappa shape index (κ1) is 10.5. The first-order chi connectivity index (χ1) is 7.33. The molecule has 2 rings (SSSR count). The van der Waals surface area contributed by atoms with Gasteiger partial charge >= 0.3 is 0 Å². The van der Waals surface area contributed by atoms with Gasteiger partial charge in [0, 0.05) is 5.56 Å². The van der Waals surface area contributed by atoms with Crippen molar-refractivity contribution < 1.29 is 14.2 Å². The second-order valence-corrected chi connectivity index (χ2v) is 3.61. The summed E-state index contributed by atoms with van der Waals surface area (Å²) >= 11 is 0. The predicted octanol–water partition coefficient (Wildman–Crippen LogP) is 2.52. The van der Waals surface area contributed by atoms with Crippen molar-refractivity contribution in [2.45, 2.75) is 25.7 Å². The zero-order valence-electron chi connectivity index (χ0n) is 9.10. The third-order valence-corrected chi connectivity index (χ3v) is 2.57. The molecule has 82 valence electrons. The SMILES string of the molecule is CCC1COC(c2cccc(OC)c2)O1. The second-order valence-electron chi connectivity index (χ2n) is 3.61. The molecule has 0 bridgehead atoms. The van der Waals surface area contributed by atoms with Crippen LogP contribution in [0, 0.1) is 0 Å². The number of ether oxygens (including phenoxy) is 3. The minimum atomic E-state index is -0.231. The molecule has 1 aliphatic heterocycles. The van der Waals surface area contributed by atoms with Crippen molar-refractivity contribution in [2.24, 2.45) is 0 Å². The number of hydrogen-bond acceptors (Lipinski definition) is 3. The summed E-state index contributed by atoms with van der Waals surface area (Å²) in [5, 5.41) is 0. The van der Waals surface area contributed by atoms with Gasteiger partial charge in [-0.3, -0.25) is 0 Å². The van der Waals surface area contributed by atoms with Gasteiger partial charge < -0.3 is 14.2 Å².